The minimum atomic E-state index is -0.343. The molecule has 32 heavy (non-hydrogen) atoms. The SMILES string of the molecule is CC(=O)NCC(=O)Nc1ccc(Oc2ccc3c(c2)CCC(c2ccc(F)cc2)O3)nc1. The van der Waals surface area contributed by atoms with E-state index in [2.05, 4.69) is 15.6 Å². The summed E-state index contributed by atoms with van der Waals surface area (Å²) in [5, 5.41) is 5.07. The van der Waals surface area contributed by atoms with Crippen LogP contribution in [0.5, 0.6) is 17.4 Å². The van der Waals surface area contributed by atoms with Gasteiger partial charge < -0.3 is 20.1 Å². The lowest BCUT2D eigenvalue weighted by molar-refractivity contribution is -0.122. The Morgan fingerprint density at radius 2 is 1.97 bits per heavy atom. The van der Waals surface area contributed by atoms with Crippen molar-refractivity contribution in [2.75, 3.05) is 11.9 Å². The number of nitrogens with one attached hydrogen (secondary N) is 2. The zero-order valence-electron chi connectivity index (χ0n) is 17.4. The fourth-order valence-corrected chi connectivity index (χ4v) is 3.39. The van der Waals surface area contributed by atoms with Crippen molar-refractivity contribution in [1.29, 1.82) is 0 Å². The number of aryl methyl sites for hydroxylation is 1. The van der Waals surface area contributed by atoms with Gasteiger partial charge in [-0.05, 0) is 60.4 Å². The van der Waals surface area contributed by atoms with E-state index in [4.69, 9.17) is 9.47 Å². The van der Waals surface area contributed by atoms with Crippen LogP contribution in [0, 0.1) is 5.82 Å². The Balaban J connectivity index is 1.36. The van der Waals surface area contributed by atoms with E-state index in [1.54, 1.807) is 30.3 Å². The molecule has 2 amide bonds. The van der Waals surface area contributed by atoms with Crippen molar-refractivity contribution in [2.24, 2.45) is 0 Å². The van der Waals surface area contributed by atoms with Gasteiger partial charge in [0.25, 0.3) is 0 Å². The van der Waals surface area contributed by atoms with Gasteiger partial charge in [0.15, 0.2) is 0 Å². The number of rotatable bonds is 6. The highest BCUT2D eigenvalue weighted by Gasteiger charge is 2.22. The Hall–Kier alpha value is -3.94. The normalized spacial score (nSPS) is 14.6. The number of hydrogen-bond acceptors (Lipinski definition) is 5. The third-order valence-electron chi connectivity index (χ3n) is 4.96. The first kappa shape index (κ1) is 21.3. The molecular weight excluding hydrogens is 413 g/mol. The summed E-state index contributed by atoms with van der Waals surface area (Å²) in [6.07, 6.45) is 2.97. The highest BCUT2D eigenvalue weighted by atomic mass is 19.1. The zero-order chi connectivity index (χ0) is 22.5. The van der Waals surface area contributed by atoms with Crippen LogP contribution >= 0.6 is 0 Å². The Morgan fingerprint density at radius 1 is 1.16 bits per heavy atom. The zero-order valence-corrected chi connectivity index (χ0v) is 17.4. The average molecular weight is 435 g/mol. The first-order valence-electron chi connectivity index (χ1n) is 10.2. The van der Waals surface area contributed by atoms with Crippen LogP contribution in [-0.4, -0.2) is 23.3 Å². The predicted molar refractivity (Wildman–Crippen MR) is 116 cm³/mol. The summed E-state index contributed by atoms with van der Waals surface area (Å²) in [4.78, 5) is 26.8. The molecule has 4 rings (SSSR count). The molecule has 0 radical (unpaired) electrons. The highest BCUT2D eigenvalue weighted by Crippen LogP contribution is 2.37. The Kier molecular flexibility index (Phi) is 6.30. The molecule has 3 aromatic rings. The second kappa shape index (κ2) is 9.47. The van der Waals surface area contributed by atoms with Crippen LogP contribution in [-0.2, 0) is 16.0 Å². The van der Waals surface area contributed by atoms with Gasteiger partial charge in [-0.1, -0.05) is 12.1 Å². The lowest BCUT2D eigenvalue weighted by atomic mass is 9.97. The molecule has 0 spiro atoms. The van der Waals surface area contributed by atoms with Gasteiger partial charge >= 0.3 is 0 Å². The number of carbonyl (C=O) groups excluding carboxylic acids is 2. The lowest BCUT2D eigenvalue weighted by Crippen LogP contribution is -2.31. The molecule has 0 aliphatic carbocycles. The summed E-state index contributed by atoms with van der Waals surface area (Å²) >= 11 is 0. The fourth-order valence-electron chi connectivity index (χ4n) is 3.39. The molecular formula is C24H22FN3O4. The Morgan fingerprint density at radius 3 is 2.69 bits per heavy atom. The van der Waals surface area contributed by atoms with Crippen molar-refractivity contribution in [1.82, 2.24) is 10.3 Å². The number of anilines is 1. The maximum Gasteiger partial charge on any atom is 0.243 e. The van der Waals surface area contributed by atoms with Gasteiger partial charge in [-0.25, -0.2) is 9.37 Å². The van der Waals surface area contributed by atoms with Crippen molar-refractivity contribution in [2.45, 2.75) is 25.9 Å². The van der Waals surface area contributed by atoms with Gasteiger partial charge in [0.1, 0.15) is 23.4 Å². The maximum absolute atomic E-state index is 13.2. The molecule has 2 N–H and O–H groups in total. The quantitative estimate of drug-likeness (QED) is 0.607. The molecule has 0 saturated heterocycles. The van der Waals surface area contributed by atoms with E-state index >= 15 is 0 Å². The largest absolute Gasteiger partial charge is 0.485 e. The molecule has 0 saturated carbocycles. The van der Waals surface area contributed by atoms with Gasteiger partial charge in [-0.2, -0.15) is 0 Å². The summed E-state index contributed by atoms with van der Waals surface area (Å²) in [6.45, 7) is 1.24. The summed E-state index contributed by atoms with van der Waals surface area (Å²) < 4.78 is 25.1. The van der Waals surface area contributed by atoms with Crippen molar-refractivity contribution in [3.63, 3.8) is 0 Å². The van der Waals surface area contributed by atoms with Gasteiger partial charge in [-0.3, -0.25) is 9.59 Å². The molecule has 2 heterocycles. The van der Waals surface area contributed by atoms with E-state index in [-0.39, 0.29) is 30.3 Å². The number of fused-ring (bicyclic) bond motifs is 1. The Bertz CT molecular complexity index is 1120. The van der Waals surface area contributed by atoms with Crippen LogP contribution in [0.4, 0.5) is 10.1 Å². The van der Waals surface area contributed by atoms with E-state index in [0.717, 1.165) is 29.7 Å². The minimum Gasteiger partial charge on any atom is -0.485 e. The van der Waals surface area contributed by atoms with Gasteiger partial charge in [0.2, 0.25) is 17.7 Å². The second-order valence-corrected chi connectivity index (χ2v) is 7.41. The number of hydrogen-bond donors (Lipinski definition) is 2. The molecule has 1 aliphatic heterocycles. The van der Waals surface area contributed by atoms with Crippen LogP contribution < -0.4 is 20.1 Å². The van der Waals surface area contributed by atoms with Crippen LogP contribution in [0.15, 0.2) is 60.8 Å². The number of carbonyl (C=O) groups is 2. The third kappa shape index (κ3) is 5.40. The van der Waals surface area contributed by atoms with E-state index < -0.39 is 0 Å². The van der Waals surface area contributed by atoms with Crippen molar-refractivity contribution < 1.29 is 23.5 Å². The predicted octanol–water partition coefficient (Wildman–Crippen LogP) is 4.15. The van der Waals surface area contributed by atoms with Crippen LogP contribution in [0.2, 0.25) is 0 Å². The van der Waals surface area contributed by atoms with Gasteiger partial charge in [0, 0.05) is 13.0 Å². The lowest BCUT2D eigenvalue weighted by Gasteiger charge is -2.26. The van der Waals surface area contributed by atoms with Crippen LogP contribution in [0.1, 0.15) is 30.6 Å². The molecule has 1 atom stereocenters. The van der Waals surface area contributed by atoms with Crippen LogP contribution in [0.25, 0.3) is 0 Å². The number of nitrogens with zero attached hydrogens (tertiary/aromatic N) is 1. The minimum absolute atomic E-state index is 0.104. The van der Waals surface area contributed by atoms with E-state index in [0.29, 0.717) is 17.3 Å². The highest BCUT2D eigenvalue weighted by molar-refractivity contribution is 5.94. The summed E-state index contributed by atoms with van der Waals surface area (Å²) in [6, 6.07) is 15.3. The van der Waals surface area contributed by atoms with Crippen molar-refractivity contribution in [3.05, 3.63) is 77.7 Å². The second-order valence-electron chi connectivity index (χ2n) is 7.41. The summed E-state index contributed by atoms with van der Waals surface area (Å²) in [7, 11) is 0. The number of amides is 2. The number of pyridine rings is 1. The third-order valence-corrected chi connectivity index (χ3v) is 4.96. The monoisotopic (exact) mass is 435 g/mol. The first-order valence-corrected chi connectivity index (χ1v) is 10.2. The van der Waals surface area contributed by atoms with Gasteiger partial charge in [-0.15, -0.1) is 0 Å². The topological polar surface area (TPSA) is 89.6 Å². The number of aromatic nitrogens is 1. The number of ether oxygens (including phenoxy) is 2. The first-order chi connectivity index (χ1) is 15.5. The van der Waals surface area contributed by atoms with E-state index in [9.17, 15) is 14.0 Å². The van der Waals surface area contributed by atoms with Crippen LogP contribution in [0.3, 0.4) is 0 Å². The Labute approximate surface area is 184 Å². The number of benzene rings is 2. The molecule has 2 aromatic carbocycles. The van der Waals surface area contributed by atoms with Gasteiger partial charge in [0.05, 0.1) is 18.4 Å². The van der Waals surface area contributed by atoms with Crippen molar-refractivity contribution >= 4 is 17.5 Å². The molecule has 1 aromatic heterocycles. The molecule has 164 valence electrons. The smallest absolute Gasteiger partial charge is 0.243 e. The molecule has 0 bridgehead atoms. The summed E-state index contributed by atoms with van der Waals surface area (Å²) in [5.74, 6) is 0.907. The standard InChI is InChI=1S/C24H22FN3O4/c1-15(29)26-14-23(30)28-19-7-11-24(27-13-19)31-20-8-10-22-17(12-20)4-9-21(32-22)16-2-5-18(25)6-3-16/h2-3,5-8,10-13,21H,4,9,14H2,1H3,(H,26,29)(H,28,30). The number of halogens is 1. The van der Waals surface area contributed by atoms with E-state index in [1.165, 1.54) is 25.3 Å². The molecule has 1 unspecified atom stereocenters. The molecule has 8 heteroatoms. The molecule has 7 nitrogen and oxygen atoms in total. The fraction of sp³-hybridized carbons (Fsp3) is 0.208. The maximum atomic E-state index is 13.2. The summed E-state index contributed by atoms with van der Waals surface area (Å²) in [5.41, 5.74) is 2.48. The van der Waals surface area contributed by atoms with E-state index in [1.807, 2.05) is 12.1 Å². The average Bonchev–Trinajstić information content (AvgIpc) is 2.79. The molecule has 1 aliphatic rings. The molecule has 0 fully saturated rings. The van der Waals surface area contributed by atoms with Crippen molar-refractivity contribution in [3.8, 4) is 17.4 Å².